The monoisotopic (exact) mass is 270 g/mol. The van der Waals surface area contributed by atoms with Crippen LogP contribution in [0.5, 0.6) is 0 Å². The van der Waals surface area contributed by atoms with Gasteiger partial charge in [-0.1, -0.05) is 0 Å². The molecule has 3 rings (SSSR count). The van der Waals surface area contributed by atoms with Gasteiger partial charge in [-0.15, -0.1) is 0 Å². The molecular formula is C16H22N4. The fourth-order valence-electron chi connectivity index (χ4n) is 3.03. The SMILES string of the molecule is Cc1nccc([C@H]2CCCN(Cc3cccn3C)C2)n1. The summed E-state index contributed by atoms with van der Waals surface area (Å²) in [5, 5.41) is 0. The van der Waals surface area contributed by atoms with Gasteiger partial charge in [-0.2, -0.15) is 0 Å². The largest absolute Gasteiger partial charge is 0.353 e. The van der Waals surface area contributed by atoms with Gasteiger partial charge in [-0.25, -0.2) is 9.97 Å². The summed E-state index contributed by atoms with van der Waals surface area (Å²) < 4.78 is 2.21. The Morgan fingerprint density at radius 2 is 2.25 bits per heavy atom. The quantitative estimate of drug-likeness (QED) is 0.859. The van der Waals surface area contributed by atoms with Crippen molar-refractivity contribution in [1.82, 2.24) is 19.4 Å². The second kappa shape index (κ2) is 5.75. The minimum atomic E-state index is 0.547. The maximum Gasteiger partial charge on any atom is 0.125 e. The van der Waals surface area contributed by atoms with Gasteiger partial charge >= 0.3 is 0 Å². The lowest BCUT2D eigenvalue weighted by Gasteiger charge is -2.32. The minimum absolute atomic E-state index is 0.547. The van der Waals surface area contributed by atoms with Crippen LogP contribution >= 0.6 is 0 Å². The highest BCUT2D eigenvalue weighted by Gasteiger charge is 2.22. The van der Waals surface area contributed by atoms with Gasteiger partial charge in [0.15, 0.2) is 0 Å². The summed E-state index contributed by atoms with van der Waals surface area (Å²) in [5.41, 5.74) is 2.58. The Labute approximate surface area is 120 Å². The van der Waals surface area contributed by atoms with Crippen LogP contribution in [0.15, 0.2) is 30.6 Å². The molecule has 1 atom stereocenters. The number of hydrogen-bond donors (Lipinski definition) is 0. The average Bonchev–Trinajstić information content (AvgIpc) is 2.85. The lowest BCUT2D eigenvalue weighted by molar-refractivity contribution is 0.194. The maximum absolute atomic E-state index is 4.60. The maximum atomic E-state index is 4.60. The first-order valence-electron chi connectivity index (χ1n) is 7.34. The molecule has 4 heteroatoms. The van der Waals surface area contributed by atoms with Crippen LogP contribution in [0, 0.1) is 6.92 Å². The molecule has 3 heterocycles. The van der Waals surface area contributed by atoms with E-state index in [0.29, 0.717) is 5.92 Å². The van der Waals surface area contributed by atoms with Crippen molar-refractivity contribution in [2.75, 3.05) is 13.1 Å². The number of hydrogen-bond acceptors (Lipinski definition) is 3. The zero-order valence-electron chi connectivity index (χ0n) is 12.3. The van der Waals surface area contributed by atoms with E-state index in [2.05, 4.69) is 50.9 Å². The summed E-state index contributed by atoms with van der Waals surface area (Å²) >= 11 is 0. The molecule has 2 aromatic heterocycles. The van der Waals surface area contributed by atoms with Crippen molar-refractivity contribution in [3.05, 3.63) is 47.8 Å². The van der Waals surface area contributed by atoms with Crippen LogP contribution in [0.25, 0.3) is 0 Å². The van der Waals surface area contributed by atoms with E-state index in [1.807, 2.05) is 13.1 Å². The Kier molecular flexibility index (Phi) is 3.83. The molecule has 0 bridgehead atoms. The zero-order valence-corrected chi connectivity index (χ0v) is 12.3. The van der Waals surface area contributed by atoms with E-state index in [1.54, 1.807) is 0 Å². The minimum Gasteiger partial charge on any atom is -0.353 e. The predicted octanol–water partition coefficient (Wildman–Crippen LogP) is 2.50. The second-order valence-electron chi connectivity index (χ2n) is 5.71. The highest BCUT2D eigenvalue weighted by atomic mass is 15.1. The third-order valence-electron chi connectivity index (χ3n) is 4.16. The van der Waals surface area contributed by atoms with E-state index < -0.39 is 0 Å². The number of aryl methyl sites for hydroxylation is 2. The first-order valence-corrected chi connectivity index (χ1v) is 7.34. The van der Waals surface area contributed by atoms with Crippen molar-refractivity contribution in [2.24, 2.45) is 7.05 Å². The number of likely N-dealkylation sites (tertiary alicyclic amines) is 1. The molecular weight excluding hydrogens is 248 g/mol. The third kappa shape index (κ3) is 2.90. The topological polar surface area (TPSA) is 34.0 Å². The molecule has 0 unspecified atom stereocenters. The fraction of sp³-hybridized carbons (Fsp3) is 0.500. The van der Waals surface area contributed by atoms with Crippen LogP contribution in [0.2, 0.25) is 0 Å². The molecule has 0 aliphatic carbocycles. The van der Waals surface area contributed by atoms with Crippen molar-refractivity contribution >= 4 is 0 Å². The van der Waals surface area contributed by atoms with Gasteiger partial charge < -0.3 is 4.57 Å². The fourth-order valence-corrected chi connectivity index (χ4v) is 3.03. The van der Waals surface area contributed by atoms with Crippen molar-refractivity contribution in [1.29, 1.82) is 0 Å². The highest BCUT2D eigenvalue weighted by Crippen LogP contribution is 2.26. The Bertz CT molecular complexity index is 575. The average molecular weight is 270 g/mol. The van der Waals surface area contributed by atoms with Gasteiger partial charge in [0.1, 0.15) is 5.82 Å². The highest BCUT2D eigenvalue weighted by molar-refractivity contribution is 5.11. The molecule has 4 nitrogen and oxygen atoms in total. The Balaban J connectivity index is 1.69. The van der Waals surface area contributed by atoms with Gasteiger partial charge in [-0.3, -0.25) is 4.90 Å². The Morgan fingerprint density at radius 1 is 1.35 bits per heavy atom. The van der Waals surface area contributed by atoms with Crippen LogP contribution in [0.3, 0.4) is 0 Å². The van der Waals surface area contributed by atoms with E-state index >= 15 is 0 Å². The van der Waals surface area contributed by atoms with Crippen molar-refractivity contribution in [2.45, 2.75) is 32.2 Å². The molecule has 0 spiro atoms. The molecule has 1 aliphatic heterocycles. The molecule has 1 aliphatic rings. The summed E-state index contributed by atoms with van der Waals surface area (Å²) in [7, 11) is 2.12. The smallest absolute Gasteiger partial charge is 0.125 e. The van der Waals surface area contributed by atoms with Crippen LogP contribution in [-0.4, -0.2) is 32.5 Å². The third-order valence-corrected chi connectivity index (χ3v) is 4.16. The number of piperidine rings is 1. The van der Waals surface area contributed by atoms with E-state index in [-0.39, 0.29) is 0 Å². The van der Waals surface area contributed by atoms with Crippen molar-refractivity contribution in [3.8, 4) is 0 Å². The Morgan fingerprint density at radius 3 is 3.00 bits per heavy atom. The van der Waals surface area contributed by atoms with Gasteiger partial charge in [0.2, 0.25) is 0 Å². The second-order valence-corrected chi connectivity index (χ2v) is 5.71. The summed E-state index contributed by atoms with van der Waals surface area (Å²) in [6, 6.07) is 6.40. The standard InChI is InChI=1S/C16H22N4/c1-13-17-8-7-16(18-13)14-5-3-10-20(11-14)12-15-6-4-9-19(15)2/h4,6-9,14H,3,5,10-12H2,1-2H3/t14-/m0/s1. The molecule has 1 fully saturated rings. The number of nitrogens with zero attached hydrogens (tertiary/aromatic N) is 4. The van der Waals surface area contributed by atoms with E-state index in [9.17, 15) is 0 Å². The van der Waals surface area contributed by atoms with E-state index in [0.717, 1.165) is 18.9 Å². The predicted molar refractivity (Wildman–Crippen MR) is 79.4 cm³/mol. The first-order chi connectivity index (χ1) is 9.72. The molecule has 0 N–H and O–H groups in total. The molecule has 20 heavy (non-hydrogen) atoms. The summed E-state index contributed by atoms with van der Waals surface area (Å²) in [6.07, 6.45) is 6.48. The zero-order chi connectivity index (χ0) is 13.9. The number of rotatable bonds is 3. The molecule has 0 amide bonds. The van der Waals surface area contributed by atoms with Crippen molar-refractivity contribution in [3.63, 3.8) is 0 Å². The van der Waals surface area contributed by atoms with Crippen LogP contribution in [-0.2, 0) is 13.6 Å². The Hall–Kier alpha value is -1.68. The van der Waals surface area contributed by atoms with Crippen LogP contribution in [0.1, 0.15) is 36.0 Å². The van der Waals surface area contributed by atoms with Crippen molar-refractivity contribution < 1.29 is 0 Å². The van der Waals surface area contributed by atoms with Crippen LogP contribution in [0.4, 0.5) is 0 Å². The van der Waals surface area contributed by atoms with Gasteiger partial charge in [0.25, 0.3) is 0 Å². The summed E-state index contributed by atoms with van der Waals surface area (Å²) in [5.74, 6) is 1.42. The molecule has 106 valence electrons. The number of aromatic nitrogens is 3. The summed E-state index contributed by atoms with van der Waals surface area (Å²) in [4.78, 5) is 11.3. The normalized spacial score (nSPS) is 20.2. The van der Waals surface area contributed by atoms with Gasteiger partial charge in [0, 0.05) is 49.8 Å². The molecule has 1 saturated heterocycles. The van der Waals surface area contributed by atoms with Gasteiger partial charge in [0.05, 0.1) is 0 Å². The van der Waals surface area contributed by atoms with Gasteiger partial charge in [-0.05, 0) is 44.5 Å². The summed E-state index contributed by atoms with van der Waals surface area (Å²) in [6.45, 7) is 5.28. The van der Waals surface area contributed by atoms with E-state index in [4.69, 9.17) is 0 Å². The first kappa shape index (κ1) is 13.3. The molecule has 0 aromatic carbocycles. The lowest BCUT2D eigenvalue weighted by Crippen LogP contribution is -2.34. The van der Waals surface area contributed by atoms with E-state index in [1.165, 1.54) is 30.8 Å². The van der Waals surface area contributed by atoms with Crippen LogP contribution < -0.4 is 0 Å². The molecule has 0 saturated carbocycles. The molecule has 0 radical (unpaired) electrons. The molecule has 2 aromatic rings. The lowest BCUT2D eigenvalue weighted by atomic mass is 9.94.